The van der Waals surface area contributed by atoms with Gasteiger partial charge in [0.05, 0.1) is 27.6 Å². The molecule has 0 amide bonds. The van der Waals surface area contributed by atoms with Crippen molar-refractivity contribution in [1.29, 1.82) is 0 Å². The van der Waals surface area contributed by atoms with Crippen LogP contribution >= 0.6 is 0 Å². The number of carbonyl (C=O) groups excluding carboxylic acids is 1. The Hall–Kier alpha value is -3.98. The van der Waals surface area contributed by atoms with E-state index in [2.05, 4.69) is 6.58 Å². The topological polar surface area (TPSA) is 107 Å². The predicted molar refractivity (Wildman–Crippen MR) is 120 cm³/mol. The highest BCUT2D eigenvalue weighted by Gasteiger charge is 2.25. The van der Waals surface area contributed by atoms with Gasteiger partial charge in [-0.25, -0.2) is 13.2 Å². The quantitative estimate of drug-likeness (QED) is 0.207. The number of esters is 1. The van der Waals surface area contributed by atoms with Crippen molar-refractivity contribution in [3.05, 3.63) is 113 Å². The first-order valence-corrected chi connectivity index (χ1v) is 11.0. The van der Waals surface area contributed by atoms with Gasteiger partial charge in [-0.3, -0.25) is 14.4 Å². The number of sulfonamides is 1. The fraction of sp³-hybridized carbons (Fsp3) is 0.0870. The van der Waals surface area contributed by atoms with Crippen LogP contribution in [0.2, 0.25) is 0 Å². The Kier molecular flexibility index (Phi) is 7.01. The monoisotopic (exact) mass is 452 g/mol. The first-order valence-electron chi connectivity index (χ1n) is 9.52. The first kappa shape index (κ1) is 22.7. The lowest BCUT2D eigenvalue weighted by atomic mass is 10.2. The largest absolute Gasteiger partial charge is 0.457 e. The van der Waals surface area contributed by atoms with Gasteiger partial charge < -0.3 is 4.74 Å². The van der Waals surface area contributed by atoms with Crippen molar-refractivity contribution in [2.24, 2.45) is 0 Å². The summed E-state index contributed by atoms with van der Waals surface area (Å²) in [5.74, 6) is -0.747. The fourth-order valence-electron chi connectivity index (χ4n) is 2.96. The van der Waals surface area contributed by atoms with Crippen LogP contribution in [-0.2, 0) is 21.4 Å². The molecule has 0 heterocycles. The van der Waals surface area contributed by atoms with Crippen LogP contribution in [0.15, 0.2) is 96.4 Å². The molecule has 3 aromatic carbocycles. The van der Waals surface area contributed by atoms with Crippen molar-refractivity contribution >= 4 is 27.4 Å². The van der Waals surface area contributed by atoms with Crippen molar-refractivity contribution in [2.75, 3.05) is 10.8 Å². The third-order valence-corrected chi connectivity index (χ3v) is 6.28. The average Bonchev–Trinajstić information content (AvgIpc) is 2.81. The number of nitro groups is 1. The molecule has 0 saturated heterocycles. The molecule has 0 aliphatic heterocycles. The number of benzene rings is 3. The maximum atomic E-state index is 13.2. The Bertz CT molecular complexity index is 1240. The third-order valence-electron chi connectivity index (χ3n) is 4.49. The molecule has 32 heavy (non-hydrogen) atoms. The molecular formula is C23H20N2O6S. The van der Waals surface area contributed by atoms with Crippen LogP contribution in [0.25, 0.3) is 0 Å². The second kappa shape index (κ2) is 9.88. The van der Waals surface area contributed by atoms with Gasteiger partial charge in [-0.05, 0) is 35.9 Å². The van der Waals surface area contributed by atoms with E-state index in [1.807, 2.05) is 0 Å². The molecular weight excluding hydrogens is 432 g/mol. The van der Waals surface area contributed by atoms with Crippen molar-refractivity contribution in [3.8, 4) is 0 Å². The van der Waals surface area contributed by atoms with Crippen LogP contribution in [-0.4, -0.2) is 25.9 Å². The predicted octanol–water partition coefficient (Wildman–Crippen LogP) is 4.33. The molecule has 0 unspecified atom stereocenters. The molecule has 0 aliphatic rings. The van der Waals surface area contributed by atoms with Gasteiger partial charge in [-0.2, -0.15) is 0 Å². The Morgan fingerprint density at radius 3 is 2.44 bits per heavy atom. The molecule has 0 spiro atoms. The standard InChI is InChI=1S/C23H20N2O6S/c1-2-14-24(20-10-4-3-5-11-20)32(29,30)22-13-7-9-19(16-22)23(26)31-17-18-8-6-12-21(15-18)25(27)28/h2-13,15-16H,1,14,17H2. The summed E-state index contributed by atoms with van der Waals surface area (Å²) in [6.45, 7) is 3.49. The van der Waals surface area contributed by atoms with E-state index in [-0.39, 0.29) is 29.3 Å². The molecule has 0 aliphatic carbocycles. The zero-order chi connectivity index (χ0) is 23.1. The zero-order valence-corrected chi connectivity index (χ0v) is 17.8. The van der Waals surface area contributed by atoms with E-state index in [1.54, 1.807) is 36.4 Å². The lowest BCUT2D eigenvalue weighted by Crippen LogP contribution is -2.31. The molecule has 0 bridgehead atoms. The van der Waals surface area contributed by atoms with Crippen LogP contribution in [0.5, 0.6) is 0 Å². The fourth-order valence-corrected chi connectivity index (χ4v) is 4.44. The minimum Gasteiger partial charge on any atom is -0.457 e. The highest BCUT2D eigenvalue weighted by Crippen LogP contribution is 2.24. The van der Waals surface area contributed by atoms with Crippen molar-refractivity contribution in [1.82, 2.24) is 0 Å². The molecule has 9 heteroatoms. The highest BCUT2D eigenvalue weighted by atomic mass is 32.2. The van der Waals surface area contributed by atoms with Gasteiger partial charge in [0.2, 0.25) is 0 Å². The van der Waals surface area contributed by atoms with E-state index in [0.29, 0.717) is 11.3 Å². The van der Waals surface area contributed by atoms with E-state index in [0.717, 1.165) is 0 Å². The van der Waals surface area contributed by atoms with E-state index in [9.17, 15) is 23.3 Å². The number of ether oxygens (including phenoxy) is 1. The second-order valence-corrected chi connectivity index (χ2v) is 8.55. The average molecular weight is 452 g/mol. The number of anilines is 1. The number of carbonyl (C=O) groups is 1. The van der Waals surface area contributed by atoms with Crippen LogP contribution in [0.3, 0.4) is 0 Å². The summed E-state index contributed by atoms with van der Waals surface area (Å²) in [7, 11) is -3.98. The lowest BCUT2D eigenvalue weighted by molar-refractivity contribution is -0.384. The second-order valence-electron chi connectivity index (χ2n) is 6.69. The molecule has 0 saturated carbocycles. The number of hydrogen-bond donors (Lipinski definition) is 0. The van der Waals surface area contributed by atoms with Gasteiger partial charge in [0.1, 0.15) is 6.61 Å². The number of para-hydroxylation sites is 1. The molecule has 3 aromatic rings. The Morgan fingerprint density at radius 1 is 1.03 bits per heavy atom. The van der Waals surface area contributed by atoms with Gasteiger partial charge >= 0.3 is 5.97 Å². The molecule has 0 fully saturated rings. The van der Waals surface area contributed by atoms with E-state index in [4.69, 9.17) is 4.74 Å². The molecule has 0 N–H and O–H groups in total. The van der Waals surface area contributed by atoms with Crippen LogP contribution < -0.4 is 4.31 Å². The molecule has 0 radical (unpaired) electrons. The van der Waals surface area contributed by atoms with Gasteiger partial charge in [0, 0.05) is 12.1 Å². The Morgan fingerprint density at radius 2 is 1.75 bits per heavy atom. The highest BCUT2D eigenvalue weighted by molar-refractivity contribution is 7.92. The molecule has 0 aromatic heterocycles. The number of non-ortho nitro benzene ring substituents is 1. The Balaban J connectivity index is 1.82. The van der Waals surface area contributed by atoms with Crippen LogP contribution in [0, 0.1) is 10.1 Å². The Labute approximate surface area is 185 Å². The van der Waals surface area contributed by atoms with Gasteiger partial charge in [-0.15, -0.1) is 6.58 Å². The van der Waals surface area contributed by atoms with Gasteiger partial charge in [0.15, 0.2) is 0 Å². The zero-order valence-electron chi connectivity index (χ0n) is 17.0. The minimum absolute atomic E-state index is 0.0446. The number of rotatable bonds is 9. The molecule has 164 valence electrons. The van der Waals surface area contributed by atoms with Gasteiger partial charge in [0.25, 0.3) is 15.7 Å². The van der Waals surface area contributed by atoms with E-state index in [1.165, 1.54) is 52.8 Å². The van der Waals surface area contributed by atoms with Crippen LogP contribution in [0.1, 0.15) is 15.9 Å². The van der Waals surface area contributed by atoms with E-state index < -0.39 is 20.9 Å². The summed E-state index contributed by atoms with van der Waals surface area (Å²) in [6.07, 6.45) is 1.47. The maximum absolute atomic E-state index is 13.2. The number of nitrogens with zero attached hydrogens (tertiary/aromatic N) is 2. The lowest BCUT2D eigenvalue weighted by Gasteiger charge is -2.23. The minimum atomic E-state index is -3.98. The summed E-state index contributed by atoms with van der Waals surface area (Å²) >= 11 is 0. The summed E-state index contributed by atoms with van der Waals surface area (Å²) in [5, 5.41) is 10.9. The normalized spacial score (nSPS) is 10.9. The van der Waals surface area contributed by atoms with Crippen molar-refractivity contribution < 1.29 is 22.9 Å². The smallest absolute Gasteiger partial charge is 0.338 e. The SMILES string of the molecule is C=CCN(c1ccccc1)S(=O)(=O)c1cccc(C(=O)OCc2cccc([N+](=O)[O-])c2)c1. The summed E-state index contributed by atoms with van der Waals surface area (Å²) in [5.41, 5.74) is 0.835. The van der Waals surface area contributed by atoms with E-state index >= 15 is 0 Å². The van der Waals surface area contributed by atoms with Crippen molar-refractivity contribution in [3.63, 3.8) is 0 Å². The molecule has 8 nitrogen and oxygen atoms in total. The third kappa shape index (κ3) is 5.19. The number of nitro benzene ring substituents is 1. The maximum Gasteiger partial charge on any atom is 0.338 e. The summed E-state index contributed by atoms with van der Waals surface area (Å²) in [4.78, 5) is 22.8. The van der Waals surface area contributed by atoms with Crippen LogP contribution in [0.4, 0.5) is 11.4 Å². The molecule has 0 atom stereocenters. The summed E-state index contributed by atoms with van der Waals surface area (Å²) in [6, 6.07) is 19.8. The summed E-state index contributed by atoms with van der Waals surface area (Å²) < 4.78 is 32.9. The van der Waals surface area contributed by atoms with Crippen molar-refractivity contribution in [2.45, 2.75) is 11.5 Å². The molecule has 3 rings (SSSR count). The number of hydrogen-bond acceptors (Lipinski definition) is 6. The van der Waals surface area contributed by atoms with Gasteiger partial charge in [-0.1, -0.05) is 42.5 Å². The first-order chi connectivity index (χ1) is 15.3.